The fraction of sp³-hybridized carbons (Fsp3) is 0.469. The number of morpholine rings is 1. The van der Waals surface area contributed by atoms with Crippen LogP contribution in [0.15, 0.2) is 48.5 Å². The second kappa shape index (κ2) is 12.6. The van der Waals surface area contributed by atoms with Gasteiger partial charge < -0.3 is 15.0 Å². The second-order valence-electron chi connectivity index (χ2n) is 11.9. The van der Waals surface area contributed by atoms with Gasteiger partial charge in [-0.1, -0.05) is 45.0 Å². The molecule has 0 unspecified atom stereocenters. The Bertz CT molecular complexity index is 1370. The number of hydrogen-bond donors (Lipinski definition) is 1. The van der Waals surface area contributed by atoms with E-state index in [0.29, 0.717) is 48.3 Å². The Morgan fingerprint density at radius 1 is 0.927 bits per heavy atom. The van der Waals surface area contributed by atoms with E-state index in [1.807, 2.05) is 37.8 Å². The number of nitrogens with zero attached hydrogens (tertiary/aromatic N) is 4. The molecule has 3 heterocycles. The molecule has 2 fully saturated rings. The van der Waals surface area contributed by atoms with Gasteiger partial charge in [-0.3, -0.25) is 19.4 Å². The molecule has 0 atom stereocenters. The molecule has 3 aromatic rings. The smallest absolute Gasteiger partial charge is 0.252 e. The molecule has 0 aliphatic carbocycles. The largest absolute Gasteiger partial charge is 0.379 e. The molecule has 5 rings (SSSR count). The molecule has 0 saturated carbocycles. The molecular formula is C32H40FN5O3. The van der Waals surface area contributed by atoms with Crippen LogP contribution in [0.5, 0.6) is 0 Å². The standard InChI is InChI=1S/C32H40FN5O3/c1-32(2,3)31(40)38-14-12-36(13-15-38)11-10-34-30(39)27-21-29(35-28-9-8-25(33)20-26(27)28)24-6-4-23(5-7-24)22-37-16-18-41-19-17-37/h4-9,20-21H,10-19,22H2,1-3H3,(H,34,39). The van der Waals surface area contributed by atoms with Gasteiger partial charge >= 0.3 is 0 Å². The fourth-order valence-corrected chi connectivity index (χ4v) is 5.40. The Labute approximate surface area is 241 Å². The summed E-state index contributed by atoms with van der Waals surface area (Å²) in [6, 6.07) is 14.4. The number of nitrogens with one attached hydrogen (secondary N) is 1. The minimum Gasteiger partial charge on any atom is -0.379 e. The van der Waals surface area contributed by atoms with Crippen LogP contribution in [-0.4, -0.2) is 97.1 Å². The molecular weight excluding hydrogens is 521 g/mol. The van der Waals surface area contributed by atoms with E-state index in [0.717, 1.165) is 51.5 Å². The third-order valence-corrected chi connectivity index (χ3v) is 7.79. The third kappa shape index (κ3) is 7.28. The molecule has 1 aromatic heterocycles. The van der Waals surface area contributed by atoms with Crippen LogP contribution < -0.4 is 5.32 Å². The van der Waals surface area contributed by atoms with Crippen molar-refractivity contribution in [3.05, 3.63) is 65.5 Å². The van der Waals surface area contributed by atoms with Crippen LogP contribution in [0.4, 0.5) is 4.39 Å². The molecule has 0 radical (unpaired) electrons. The Morgan fingerprint density at radius 3 is 2.32 bits per heavy atom. The van der Waals surface area contributed by atoms with E-state index in [1.165, 1.54) is 17.7 Å². The first-order valence-electron chi connectivity index (χ1n) is 14.5. The summed E-state index contributed by atoms with van der Waals surface area (Å²) < 4.78 is 19.6. The molecule has 2 saturated heterocycles. The predicted molar refractivity (Wildman–Crippen MR) is 158 cm³/mol. The highest BCUT2D eigenvalue weighted by molar-refractivity contribution is 6.07. The summed E-state index contributed by atoms with van der Waals surface area (Å²) in [6.07, 6.45) is 0. The van der Waals surface area contributed by atoms with Gasteiger partial charge in [0, 0.05) is 75.3 Å². The zero-order valence-corrected chi connectivity index (χ0v) is 24.3. The number of fused-ring (bicyclic) bond motifs is 1. The molecule has 218 valence electrons. The molecule has 1 N–H and O–H groups in total. The Balaban J connectivity index is 1.25. The number of amides is 2. The van der Waals surface area contributed by atoms with Crippen LogP contribution in [0.25, 0.3) is 22.2 Å². The van der Waals surface area contributed by atoms with E-state index in [1.54, 1.807) is 12.1 Å². The Kier molecular flexibility index (Phi) is 8.97. The van der Waals surface area contributed by atoms with E-state index < -0.39 is 5.82 Å². The molecule has 2 aliphatic heterocycles. The normalized spacial score (nSPS) is 17.1. The first kappa shape index (κ1) is 29.1. The molecule has 2 aliphatic rings. The van der Waals surface area contributed by atoms with Crippen LogP contribution >= 0.6 is 0 Å². The molecule has 0 bridgehead atoms. The minimum atomic E-state index is -0.406. The summed E-state index contributed by atoms with van der Waals surface area (Å²) in [5.41, 5.74) is 3.38. The summed E-state index contributed by atoms with van der Waals surface area (Å²) in [5.74, 6) is -0.490. The second-order valence-corrected chi connectivity index (χ2v) is 11.9. The highest BCUT2D eigenvalue weighted by atomic mass is 19.1. The van der Waals surface area contributed by atoms with Crippen molar-refractivity contribution in [3.63, 3.8) is 0 Å². The number of halogens is 1. The molecule has 0 spiro atoms. The van der Waals surface area contributed by atoms with Gasteiger partial charge in [0.2, 0.25) is 5.91 Å². The van der Waals surface area contributed by atoms with Crippen molar-refractivity contribution in [2.45, 2.75) is 27.3 Å². The van der Waals surface area contributed by atoms with Crippen LogP contribution in [0.1, 0.15) is 36.7 Å². The van der Waals surface area contributed by atoms with Gasteiger partial charge in [0.25, 0.3) is 5.91 Å². The van der Waals surface area contributed by atoms with E-state index in [9.17, 15) is 14.0 Å². The monoisotopic (exact) mass is 561 g/mol. The SMILES string of the molecule is CC(C)(C)C(=O)N1CCN(CCNC(=O)c2cc(-c3ccc(CN4CCOCC4)cc3)nc3ccc(F)cc23)CC1. The molecule has 8 nitrogen and oxygen atoms in total. The number of carbonyl (C=O) groups excluding carboxylic acids is 2. The number of pyridine rings is 1. The van der Waals surface area contributed by atoms with E-state index in [-0.39, 0.29) is 17.2 Å². The van der Waals surface area contributed by atoms with E-state index in [2.05, 4.69) is 27.2 Å². The van der Waals surface area contributed by atoms with Crippen molar-refractivity contribution < 1.29 is 18.7 Å². The highest BCUT2D eigenvalue weighted by Gasteiger charge is 2.29. The predicted octanol–water partition coefficient (Wildman–Crippen LogP) is 3.79. The van der Waals surface area contributed by atoms with Gasteiger partial charge in [0.15, 0.2) is 0 Å². The first-order valence-corrected chi connectivity index (χ1v) is 14.5. The maximum absolute atomic E-state index is 14.2. The first-order chi connectivity index (χ1) is 19.7. The molecule has 2 aromatic carbocycles. The zero-order chi connectivity index (χ0) is 29.0. The molecule has 9 heteroatoms. The fourth-order valence-electron chi connectivity index (χ4n) is 5.40. The van der Waals surface area contributed by atoms with Crippen molar-refractivity contribution in [1.82, 2.24) is 25.0 Å². The van der Waals surface area contributed by atoms with Crippen molar-refractivity contribution in [2.75, 3.05) is 65.6 Å². The van der Waals surface area contributed by atoms with Crippen molar-refractivity contribution in [3.8, 4) is 11.3 Å². The molecule has 2 amide bonds. The van der Waals surface area contributed by atoms with Crippen molar-refractivity contribution in [2.24, 2.45) is 5.41 Å². The average molecular weight is 562 g/mol. The Hall–Kier alpha value is -3.40. The Morgan fingerprint density at radius 2 is 1.63 bits per heavy atom. The van der Waals surface area contributed by atoms with Crippen LogP contribution in [0.2, 0.25) is 0 Å². The quantitative estimate of drug-likeness (QED) is 0.473. The van der Waals surface area contributed by atoms with E-state index in [4.69, 9.17) is 9.72 Å². The number of benzene rings is 2. The zero-order valence-electron chi connectivity index (χ0n) is 24.3. The lowest BCUT2D eigenvalue weighted by atomic mass is 9.94. The summed E-state index contributed by atoms with van der Waals surface area (Å²) >= 11 is 0. The minimum absolute atomic E-state index is 0.171. The van der Waals surface area contributed by atoms with E-state index >= 15 is 0 Å². The van der Waals surface area contributed by atoms with Crippen molar-refractivity contribution in [1.29, 1.82) is 0 Å². The summed E-state index contributed by atoms with van der Waals surface area (Å²) in [6.45, 7) is 14.1. The lowest BCUT2D eigenvalue weighted by molar-refractivity contribution is -0.141. The summed E-state index contributed by atoms with van der Waals surface area (Å²) in [7, 11) is 0. The number of hydrogen-bond acceptors (Lipinski definition) is 6. The van der Waals surface area contributed by atoms with Gasteiger partial charge in [0.1, 0.15) is 5.82 Å². The van der Waals surface area contributed by atoms with Gasteiger partial charge in [-0.25, -0.2) is 9.37 Å². The lowest BCUT2D eigenvalue weighted by Gasteiger charge is -2.37. The maximum atomic E-state index is 14.2. The van der Waals surface area contributed by atoms with Gasteiger partial charge in [-0.05, 0) is 29.8 Å². The number of rotatable bonds is 7. The molecule has 41 heavy (non-hydrogen) atoms. The van der Waals surface area contributed by atoms with Crippen molar-refractivity contribution >= 4 is 22.7 Å². The number of ether oxygens (including phenoxy) is 1. The number of piperazine rings is 1. The van der Waals surface area contributed by atoms with Gasteiger partial charge in [-0.15, -0.1) is 0 Å². The maximum Gasteiger partial charge on any atom is 0.252 e. The lowest BCUT2D eigenvalue weighted by Crippen LogP contribution is -2.52. The topological polar surface area (TPSA) is 78.0 Å². The van der Waals surface area contributed by atoms with Crippen LogP contribution in [0, 0.1) is 11.2 Å². The van der Waals surface area contributed by atoms with Gasteiger partial charge in [0.05, 0.1) is 30.0 Å². The highest BCUT2D eigenvalue weighted by Crippen LogP contribution is 2.26. The summed E-state index contributed by atoms with van der Waals surface area (Å²) in [4.78, 5) is 37.2. The van der Waals surface area contributed by atoms with Gasteiger partial charge in [-0.2, -0.15) is 0 Å². The third-order valence-electron chi connectivity index (χ3n) is 7.79. The average Bonchev–Trinajstić information content (AvgIpc) is 2.97. The number of aromatic nitrogens is 1. The number of carbonyl (C=O) groups is 2. The van der Waals surface area contributed by atoms with Crippen LogP contribution in [-0.2, 0) is 16.1 Å². The summed E-state index contributed by atoms with van der Waals surface area (Å²) in [5, 5.41) is 3.51. The van der Waals surface area contributed by atoms with Crippen LogP contribution in [0.3, 0.4) is 0 Å².